The number of carbonyl (C=O) groups is 1. The molecular formula is C21H33N3O. The third-order valence-corrected chi connectivity index (χ3v) is 7.27. The van der Waals surface area contributed by atoms with Crippen molar-refractivity contribution >= 4 is 5.91 Å². The summed E-state index contributed by atoms with van der Waals surface area (Å²) in [6.07, 6.45) is 14.8. The van der Waals surface area contributed by atoms with Gasteiger partial charge in [0.15, 0.2) is 0 Å². The maximum atomic E-state index is 12.7. The first-order chi connectivity index (χ1) is 12.1. The standard InChI is InChI=1S/C21H33N3O/c1-3-18(21-12-15-9-16(13-21)11-17(10-15)14-21)23-20(25)5-7-24-8-6-22-19(24)4-2/h6,8,15-18H,3-5,7,9-14H2,1-2H3,(H,23,25). The molecule has 5 rings (SSSR count). The fourth-order valence-corrected chi connectivity index (χ4v) is 6.64. The van der Waals surface area contributed by atoms with Gasteiger partial charge < -0.3 is 9.88 Å². The van der Waals surface area contributed by atoms with Crippen LogP contribution >= 0.6 is 0 Å². The summed E-state index contributed by atoms with van der Waals surface area (Å²) in [5, 5.41) is 3.45. The molecule has 0 aromatic carbocycles. The summed E-state index contributed by atoms with van der Waals surface area (Å²) in [6, 6.07) is 0.377. The molecule has 4 saturated carbocycles. The van der Waals surface area contributed by atoms with Crippen molar-refractivity contribution in [1.82, 2.24) is 14.9 Å². The minimum absolute atomic E-state index is 0.221. The van der Waals surface area contributed by atoms with E-state index >= 15 is 0 Å². The van der Waals surface area contributed by atoms with Crippen LogP contribution in [0.15, 0.2) is 12.4 Å². The highest BCUT2D eigenvalue weighted by Gasteiger charge is 2.53. The molecule has 25 heavy (non-hydrogen) atoms. The molecule has 1 heterocycles. The summed E-state index contributed by atoms with van der Waals surface area (Å²) in [5.74, 6) is 4.11. The van der Waals surface area contributed by atoms with E-state index in [1.165, 1.54) is 38.5 Å². The van der Waals surface area contributed by atoms with Crippen LogP contribution in [0.1, 0.15) is 71.0 Å². The van der Waals surface area contributed by atoms with Gasteiger partial charge in [0.1, 0.15) is 5.82 Å². The molecule has 1 aromatic rings. The zero-order valence-corrected chi connectivity index (χ0v) is 15.8. The number of aryl methyl sites for hydroxylation is 2. The van der Waals surface area contributed by atoms with Crippen molar-refractivity contribution in [2.75, 3.05) is 0 Å². The van der Waals surface area contributed by atoms with Gasteiger partial charge in [0.25, 0.3) is 0 Å². The van der Waals surface area contributed by atoms with Gasteiger partial charge >= 0.3 is 0 Å². The summed E-state index contributed by atoms with van der Waals surface area (Å²) in [7, 11) is 0. The number of imidazole rings is 1. The van der Waals surface area contributed by atoms with Crippen molar-refractivity contribution in [2.24, 2.45) is 23.2 Å². The second-order valence-electron chi connectivity index (χ2n) is 8.95. The predicted molar refractivity (Wildman–Crippen MR) is 99.0 cm³/mol. The van der Waals surface area contributed by atoms with E-state index in [0.29, 0.717) is 17.9 Å². The molecule has 1 N–H and O–H groups in total. The zero-order valence-electron chi connectivity index (χ0n) is 15.8. The smallest absolute Gasteiger partial charge is 0.222 e. The number of hydrogen-bond donors (Lipinski definition) is 1. The van der Waals surface area contributed by atoms with Crippen LogP contribution < -0.4 is 5.32 Å². The van der Waals surface area contributed by atoms with E-state index in [1.54, 1.807) is 0 Å². The minimum atomic E-state index is 0.221. The highest BCUT2D eigenvalue weighted by atomic mass is 16.1. The molecule has 138 valence electrons. The Balaban J connectivity index is 1.38. The van der Waals surface area contributed by atoms with Crippen molar-refractivity contribution < 1.29 is 4.79 Å². The molecule has 4 nitrogen and oxygen atoms in total. The highest BCUT2D eigenvalue weighted by Crippen LogP contribution is 2.61. The quantitative estimate of drug-likeness (QED) is 0.815. The first kappa shape index (κ1) is 17.1. The van der Waals surface area contributed by atoms with Gasteiger partial charge in [-0.15, -0.1) is 0 Å². The molecule has 4 aliphatic rings. The first-order valence-corrected chi connectivity index (χ1v) is 10.4. The Labute approximate surface area is 151 Å². The molecule has 0 spiro atoms. The molecule has 4 fully saturated rings. The van der Waals surface area contributed by atoms with Crippen molar-refractivity contribution in [2.45, 2.75) is 84.2 Å². The number of aromatic nitrogens is 2. The highest BCUT2D eigenvalue weighted by molar-refractivity contribution is 5.76. The Hall–Kier alpha value is -1.32. The van der Waals surface area contributed by atoms with Crippen LogP contribution in [0, 0.1) is 23.2 Å². The molecule has 4 heteroatoms. The van der Waals surface area contributed by atoms with Crippen LogP contribution in [-0.4, -0.2) is 21.5 Å². The fourth-order valence-electron chi connectivity index (χ4n) is 6.64. The molecule has 4 bridgehead atoms. The Morgan fingerprint density at radius 1 is 1.24 bits per heavy atom. The van der Waals surface area contributed by atoms with Crippen LogP contribution in [-0.2, 0) is 17.8 Å². The normalized spacial score (nSPS) is 34.2. The van der Waals surface area contributed by atoms with Crippen LogP contribution in [0.5, 0.6) is 0 Å². The lowest BCUT2D eigenvalue weighted by Crippen LogP contribution is -2.56. The van der Waals surface area contributed by atoms with Gasteiger partial charge in [-0.1, -0.05) is 13.8 Å². The fraction of sp³-hybridized carbons (Fsp3) is 0.810. The Kier molecular flexibility index (Phi) is 4.63. The third-order valence-electron chi connectivity index (χ3n) is 7.27. The molecule has 1 amide bonds. The van der Waals surface area contributed by atoms with E-state index in [-0.39, 0.29) is 5.91 Å². The molecule has 0 radical (unpaired) electrons. The van der Waals surface area contributed by atoms with E-state index in [9.17, 15) is 4.79 Å². The van der Waals surface area contributed by atoms with E-state index in [1.807, 2.05) is 12.4 Å². The zero-order chi connectivity index (χ0) is 17.4. The van der Waals surface area contributed by atoms with E-state index in [4.69, 9.17) is 0 Å². The summed E-state index contributed by atoms with van der Waals surface area (Å²) >= 11 is 0. The Bertz CT molecular complexity index is 585. The van der Waals surface area contributed by atoms with Crippen molar-refractivity contribution in [3.8, 4) is 0 Å². The van der Waals surface area contributed by atoms with Crippen molar-refractivity contribution in [3.05, 3.63) is 18.2 Å². The maximum absolute atomic E-state index is 12.7. The van der Waals surface area contributed by atoms with Gasteiger partial charge in [-0.25, -0.2) is 4.98 Å². The van der Waals surface area contributed by atoms with Crippen molar-refractivity contribution in [3.63, 3.8) is 0 Å². The molecule has 1 aromatic heterocycles. The topological polar surface area (TPSA) is 46.9 Å². The van der Waals surface area contributed by atoms with Crippen LogP contribution in [0.25, 0.3) is 0 Å². The molecule has 1 unspecified atom stereocenters. The molecule has 0 aliphatic heterocycles. The molecular weight excluding hydrogens is 310 g/mol. The predicted octanol–water partition coefficient (Wildman–Crippen LogP) is 3.95. The second kappa shape index (κ2) is 6.77. The summed E-state index contributed by atoms with van der Waals surface area (Å²) in [4.78, 5) is 17.0. The summed E-state index contributed by atoms with van der Waals surface area (Å²) < 4.78 is 2.12. The number of rotatable bonds is 7. The Morgan fingerprint density at radius 2 is 1.88 bits per heavy atom. The lowest BCUT2D eigenvalue weighted by Gasteiger charge is -2.59. The molecule has 0 saturated heterocycles. The average Bonchev–Trinajstić information content (AvgIpc) is 3.04. The van der Waals surface area contributed by atoms with Gasteiger partial charge in [-0.3, -0.25) is 4.79 Å². The lowest BCUT2D eigenvalue weighted by molar-refractivity contribution is -0.126. The lowest BCUT2D eigenvalue weighted by atomic mass is 9.47. The van der Waals surface area contributed by atoms with Gasteiger partial charge in [0.2, 0.25) is 5.91 Å². The first-order valence-electron chi connectivity index (χ1n) is 10.4. The van der Waals surface area contributed by atoms with Gasteiger partial charge in [0.05, 0.1) is 0 Å². The van der Waals surface area contributed by atoms with E-state index in [0.717, 1.165) is 43.0 Å². The van der Waals surface area contributed by atoms with Gasteiger partial charge in [-0.2, -0.15) is 0 Å². The Morgan fingerprint density at radius 3 is 2.44 bits per heavy atom. The molecule has 1 atom stereocenters. The van der Waals surface area contributed by atoms with Crippen LogP contribution in [0.3, 0.4) is 0 Å². The van der Waals surface area contributed by atoms with Crippen LogP contribution in [0.4, 0.5) is 0 Å². The van der Waals surface area contributed by atoms with Gasteiger partial charge in [0, 0.05) is 37.8 Å². The third kappa shape index (κ3) is 3.24. The van der Waals surface area contributed by atoms with Crippen molar-refractivity contribution in [1.29, 1.82) is 0 Å². The SMILES string of the molecule is CCc1nccn1CCC(=O)NC(CC)C12CC3CC(CC(C3)C1)C2. The summed E-state index contributed by atoms with van der Waals surface area (Å²) in [5.41, 5.74) is 0.406. The summed E-state index contributed by atoms with van der Waals surface area (Å²) in [6.45, 7) is 5.11. The molecule has 4 aliphatic carbocycles. The monoisotopic (exact) mass is 343 g/mol. The number of nitrogens with one attached hydrogen (secondary N) is 1. The van der Waals surface area contributed by atoms with E-state index in [2.05, 4.69) is 28.7 Å². The average molecular weight is 344 g/mol. The maximum Gasteiger partial charge on any atom is 0.222 e. The van der Waals surface area contributed by atoms with Gasteiger partial charge in [-0.05, 0) is 68.1 Å². The van der Waals surface area contributed by atoms with Crippen LogP contribution in [0.2, 0.25) is 0 Å². The minimum Gasteiger partial charge on any atom is -0.353 e. The number of carbonyl (C=O) groups excluding carboxylic acids is 1. The van der Waals surface area contributed by atoms with E-state index < -0.39 is 0 Å². The number of amides is 1. The second-order valence-corrected chi connectivity index (χ2v) is 8.95. The number of nitrogens with zero attached hydrogens (tertiary/aromatic N) is 2. The number of hydrogen-bond acceptors (Lipinski definition) is 2. The largest absolute Gasteiger partial charge is 0.353 e.